The monoisotopic (exact) mass is 843 g/mol. The Bertz CT molecular complexity index is 801. The van der Waals surface area contributed by atoms with Gasteiger partial charge in [0.15, 0.2) is 0 Å². The summed E-state index contributed by atoms with van der Waals surface area (Å²) in [5, 5.41) is 0. The Kier molecular flexibility index (Phi) is 53.6. The number of carbonyl (C=O) groups excluding carboxylic acids is 1. The number of hydrogen-bond acceptors (Lipinski definition) is 2. The van der Waals surface area contributed by atoms with Crippen LogP contribution in [0.25, 0.3) is 0 Å². The summed E-state index contributed by atoms with van der Waals surface area (Å²) in [7, 11) is 0. The van der Waals surface area contributed by atoms with Crippen molar-refractivity contribution in [1.82, 2.24) is 0 Å². The van der Waals surface area contributed by atoms with E-state index in [2.05, 4.69) is 32.9 Å². The summed E-state index contributed by atoms with van der Waals surface area (Å²) < 4.78 is 5.50. The van der Waals surface area contributed by atoms with Gasteiger partial charge in [-0.25, -0.2) is 0 Å². The molecule has 0 aromatic carbocycles. The van der Waals surface area contributed by atoms with Crippen molar-refractivity contribution in [2.45, 2.75) is 342 Å². The summed E-state index contributed by atoms with van der Waals surface area (Å²) in [6.07, 6.45) is 73.9. The lowest BCUT2D eigenvalue weighted by atomic mass is 10.0. The molecule has 0 N–H and O–H groups in total. The van der Waals surface area contributed by atoms with Crippen LogP contribution in [-0.4, -0.2) is 12.6 Å². The highest BCUT2D eigenvalue weighted by molar-refractivity contribution is 5.69. The van der Waals surface area contributed by atoms with Crippen molar-refractivity contribution in [3.8, 4) is 0 Å². The van der Waals surface area contributed by atoms with Crippen molar-refractivity contribution in [2.24, 2.45) is 5.92 Å². The molecule has 0 aliphatic carbocycles. The quantitative estimate of drug-likeness (QED) is 0.0346. The maximum Gasteiger partial charge on any atom is 0.305 e. The molecule has 0 aromatic rings. The third-order valence-corrected chi connectivity index (χ3v) is 13.3. The largest absolute Gasteiger partial charge is 0.466 e. The highest BCUT2D eigenvalue weighted by Gasteiger charge is 2.03. The van der Waals surface area contributed by atoms with E-state index in [1.54, 1.807) is 0 Å². The van der Waals surface area contributed by atoms with E-state index in [1.807, 2.05) is 0 Å². The van der Waals surface area contributed by atoms with Crippen LogP contribution in [0.3, 0.4) is 0 Å². The van der Waals surface area contributed by atoms with Gasteiger partial charge in [0, 0.05) is 6.42 Å². The fraction of sp³-hybridized carbons (Fsp3) is 0.948. The van der Waals surface area contributed by atoms with Gasteiger partial charge in [-0.15, -0.1) is 0 Å². The van der Waals surface area contributed by atoms with E-state index in [1.165, 1.54) is 302 Å². The maximum atomic E-state index is 12.1. The summed E-state index contributed by atoms with van der Waals surface area (Å²) in [4.78, 5) is 12.1. The van der Waals surface area contributed by atoms with Crippen molar-refractivity contribution >= 4 is 5.97 Å². The average molecular weight is 844 g/mol. The van der Waals surface area contributed by atoms with Gasteiger partial charge >= 0.3 is 5.97 Å². The van der Waals surface area contributed by atoms with E-state index < -0.39 is 0 Å². The van der Waals surface area contributed by atoms with Gasteiger partial charge in [-0.05, 0) is 44.4 Å². The lowest BCUT2D eigenvalue weighted by molar-refractivity contribution is -0.143. The molecule has 0 atom stereocenters. The molecule has 2 heteroatoms. The van der Waals surface area contributed by atoms with Crippen molar-refractivity contribution in [2.75, 3.05) is 6.61 Å². The molecule has 0 aromatic heterocycles. The van der Waals surface area contributed by atoms with Crippen molar-refractivity contribution in [3.05, 3.63) is 12.2 Å². The molecule has 358 valence electrons. The van der Waals surface area contributed by atoms with Crippen molar-refractivity contribution in [1.29, 1.82) is 0 Å². The first kappa shape index (κ1) is 59.2. The second-order valence-corrected chi connectivity index (χ2v) is 20.1. The number of rotatable bonds is 53. The molecule has 0 saturated heterocycles. The van der Waals surface area contributed by atoms with Gasteiger partial charge in [0.1, 0.15) is 0 Å². The number of allylic oxidation sites excluding steroid dienone is 2. The SMILES string of the molecule is CCCCCCCCC=CCCCCCCCCCC(=O)OCCCCCCCCCCCCCCCCCCCCCCCCCCCCCCCCCCCC(C)C. The molecule has 60 heavy (non-hydrogen) atoms. The molecular formula is C58H114O2. The second kappa shape index (κ2) is 54.3. The zero-order chi connectivity index (χ0) is 43.3. The predicted molar refractivity (Wildman–Crippen MR) is 271 cm³/mol. The molecule has 0 fully saturated rings. The van der Waals surface area contributed by atoms with E-state index in [4.69, 9.17) is 4.74 Å². The van der Waals surface area contributed by atoms with Gasteiger partial charge in [0.05, 0.1) is 6.61 Å². The summed E-state index contributed by atoms with van der Waals surface area (Å²) in [6, 6.07) is 0. The highest BCUT2D eigenvalue weighted by Crippen LogP contribution is 2.18. The molecule has 0 bridgehead atoms. The zero-order valence-corrected chi connectivity index (χ0v) is 42.1. The average Bonchev–Trinajstić information content (AvgIpc) is 3.24. The van der Waals surface area contributed by atoms with Crippen LogP contribution < -0.4 is 0 Å². The Labute approximate surface area is 380 Å². The molecule has 0 aliphatic rings. The van der Waals surface area contributed by atoms with E-state index in [0.717, 1.165) is 18.8 Å². The van der Waals surface area contributed by atoms with Gasteiger partial charge in [-0.3, -0.25) is 4.79 Å². The van der Waals surface area contributed by atoms with Crippen LogP contribution in [0.2, 0.25) is 0 Å². The molecule has 0 saturated carbocycles. The minimum Gasteiger partial charge on any atom is -0.466 e. The van der Waals surface area contributed by atoms with Gasteiger partial charge in [0.25, 0.3) is 0 Å². The molecule has 2 nitrogen and oxygen atoms in total. The Hall–Kier alpha value is -0.790. The fourth-order valence-electron chi connectivity index (χ4n) is 9.09. The second-order valence-electron chi connectivity index (χ2n) is 20.1. The van der Waals surface area contributed by atoms with Crippen LogP contribution in [0.5, 0.6) is 0 Å². The van der Waals surface area contributed by atoms with Gasteiger partial charge in [-0.1, -0.05) is 309 Å². The summed E-state index contributed by atoms with van der Waals surface area (Å²) in [6.45, 7) is 7.62. The van der Waals surface area contributed by atoms with Crippen LogP contribution in [0.4, 0.5) is 0 Å². The Morgan fingerprint density at radius 3 is 0.883 bits per heavy atom. The third kappa shape index (κ3) is 55.2. The fourth-order valence-corrected chi connectivity index (χ4v) is 9.09. The first-order valence-corrected chi connectivity index (χ1v) is 28.5. The summed E-state index contributed by atoms with van der Waals surface area (Å²) in [5.41, 5.74) is 0. The first-order valence-electron chi connectivity index (χ1n) is 28.5. The van der Waals surface area contributed by atoms with Crippen LogP contribution in [0.15, 0.2) is 12.2 Å². The summed E-state index contributed by atoms with van der Waals surface area (Å²) >= 11 is 0. The topological polar surface area (TPSA) is 26.3 Å². The highest BCUT2D eigenvalue weighted by atomic mass is 16.5. The minimum absolute atomic E-state index is 0.0267. The number of hydrogen-bond donors (Lipinski definition) is 0. The molecule has 0 rings (SSSR count). The lowest BCUT2D eigenvalue weighted by Gasteiger charge is -2.06. The van der Waals surface area contributed by atoms with Gasteiger partial charge in [-0.2, -0.15) is 0 Å². The number of unbranched alkanes of at least 4 members (excludes halogenated alkanes) is 45. The third-order valence-electron chi connectivity index (χ3n) is 13.3. The van der Waals surface area contributed by atoms with Gasteiger partial charge < -0.3 is 4.74 Å². The Morgan fingerprint density at radius 2 is 0.583 bits per heavy atom. The molecule has 0 unspecified atom stereocenters. The summed E-state index contributed by atoms with van der Waals surface area (Å²) in [5.74, 6) is 0.916. The number of esters is 1. The minimum atomic E-state index is 0.0267. The molecule has 0 amide bonds. The van der Waals surface area contributed by atoms with Crippen LogP contribution >= 0.6 is 0 Å². The standard InChI is InChI=1S/C58H114O2/c1-4-5-6-7-8-9-10-11-12-30-34-37-40-43-46-49-52-55-58(59)60-56-53-50-47-44-41-38-35-32-29-27-25-23-21-19-17-15-13-14-16-18-20-22-24-26-28-31-33-36-39-42-45-48-51-54-57(2)3/h11-12,57H,4-10,13-56H2,1-3H3. The van der Waals surface area contributed by atoms with Crippen LogP contribution in [0, 0.1) is 5.92 Å². The van der Waals surface area contributed by atoms with E-state index >= 15 is 0 Å². The molecule has 0 heterocycles. The lowest BCUT2D eigenvalue weighted by Crippen LogP contribution is -2.05. The smallest absolute Gasteiger partial charge is 0.305 e. The molecule has 0 radical (unpaired) electrons. The van der Waals surface area contributed by atoms with Crippen molar-refractivity contribution < 1.29 is 9.53 Å². The number of carbonyl (C=O) groups is 1. The Balaban J connectivity index is 3.15. The maximum absolute atomic E-state index is 12.1. The van der Waals surface area contributed by atoms with Crippen LogP contribution in [0.1, 0.15) is 342 Å². The molecular weight excluding hydrogens is 729 g/mol. The number of ether oxygens (including phenoxy) is 1. The van der Waals surface area contributed by atoms with Gasteiger partial charge in [0.2, 0.25) is 0 Å². The van der Waals surface area contributed by atoms with E-state index in [9.17, 15) is 4.79 Å². The Morgan fingerprint density at radius 1 is 0.333 bits per heavy atom. The normalized spacial score (nSPS) is 11.8. The zero-order valence-electron chi connectivity index (χ0n) is 42.1. The van der Waals surface area contributed by atoms with E-state index in [-0.39, 0.29) is 5.97 Å². The van der Waals surface area contributed by atoms with E-state index in [0.29, 0.717) is 13.0 Å². The van der Waals surface area contributed by atoms with Crippen molar-refractivity contribution in [3.63, 3.8) is 0 Å². The first-order chi connectivity index (χ1) is 29.7. The molecule has 0 spiro atoms. The van der Waals surface area contributed by atoms with Crippen LogP contribution in [-0.2, 0) is 9.53 Å². The predicted octanol–water partition coefficient (Wildman–Crippen LogP) is 21.3. The molecule has 0 aliphatic heterocycles.